The van der Waals surface area contributed by atoms with E-state index in [0.29, 0.717) is 5.02 Å². The summed E-state index contributed by atoms with van der Waals surface area (Å²) in [4.78, 5) is 4.01. The van der Waals surface area contributed by atoms with Gasteiger partial charge in [-0.1, -0.05) is 23.7 Å². The Morgan fingerprint density at radius 3 is 2.53 bits per heavy atom. The topological polar surface area (TPSA) is 24.9 Å². The van der Waals surface area contributed by atoms with Crippen molar-refractivity contribution in [3.05, 3.63) is 64.7 Å². The van der Waals surface area contributed by atoms with Crippen LogP contribution in [-0.4, -0.2) is 18.1 Å². The Morgan fingerprint density at radius 1 is 1.21 bits per heavy atom. The van der Waals surface area contributed by atoms with E-state index in [1.807, 2.05) is 18.2 Å². The van der Waals surface area contributed by atoms with Gasteiger partial charge in [0.1, 0.15) is 5.82 Å². The van der Waals surface area contributed by atoms with Gasteiger partial charge in [0.2, 0.25) is 0 Å². The molecule has 0 saturated carbocycles. The number of benzene rings is 1. The number of nitrogens with zero attached hydrogens (tertiary/aromatic N) is 1. The van der Waals surface area contributed by atoms with Gasteiger partial charge in [0, 0.05) is 30.9 Å². The van der Waals surface area contributed by atoms with Gasteiger partial charge in [0.05, 0.1) is 5.02 Å². The summed E-state index contributed by atoms with van der Waals surface area (Å²) in [5, 5.41) is 3.99. The van der Waals surface area contributed by atoms with E-state index in [9.17, 15) is 4.39 Å². The Morgan fingerprint density at radius 2 is 1.95 bits per heavy atom. The third-order valence-electron chi connectivity index (χ3n) is 3.77. The van der Waals surface area contributed by atoms with Crippen LogP contribution in [0.15, 0.2) is 42.7 Å². The monoisotopic (exact) mass is 276 g/mol. The lowest BCUT2D eigenvalue weighted by atomic mass is 9.71. The molecule has 1 N–H and O–H groups in total. The zero-order valence-electron chi connectivity index (χ0n) is 10.4. The SMILES string of the molecule is Fc1ccc(C2(Cc3ccncc3Cl)CNC2)cc1. The summed E-state index contributed by atoms with van der Waals surface area (Å²) < 4.78 is 13.0. The molecule has 2 nitrogen and oxygen atoms in total. The second-order valence-electron chi connectivity index (χ2n) is 5.03. The predicted octanol–water partition coefficient (Wildman–Crippen LogP) is 2.96. The van der Waals surface area contributed by atoms with Crippen LogP contribution in [0.5, 0.6) is 0 Å². The number of aromatic nitrogens is 1. The molecule has 19 heavy (non-hydrogen) atoms. The summed E-state index contributed by atoms with van der Waals surface area (Å²) in [5.41, 5.74) is 2.25. The molecule has 1 aromatic carbocycles. The van der Waals surface area contributed by atoms with Gasteiger partial charge in [0.15, 0.2) is 0 Å². The van der Waals surface area contributed by atoms with Gasteiger partial charge >= 0.3 is 0 Å². The van der Waals surface area contributed by atoms with Crippen molar-refractivity contribution in [3.8, 4) is 0 Å². The van der Waals surface area contributed by atoms with Gasteiger partial charge in [-0.2, -0.15) is 0 Å². The van der Waals surface area contributed by atoms with Gasteiger partial charge in [-0.3, -0.25) is 4.98 Å². The first kappa shape index (κ1) is 12.6. The largest absolute Gasteiger partial charge is 0.315 e. The summed E-state index contributed by atoms with van der Waals surface area (Å²) in [7, 11) is 0. The van der Waals surface area contributed by atoms with Crippen LogP contribution < -0.4 is 5.32 Å². The fourth-order valence-electron chi connectivity index (χ4n) is 2.57. The van der Waals surface area contributed by atoms with Crippen molar-refractivity contribution in [1.82, 2.24) is 10.3 Å². The lowest BCUT2D eigenvalue weighted by Crippen LogP contribution is -2.58. The Labute approximate surface area is 116 Å². The van der Waals surface area contributed by atoms with E-state index in [-0.39, 0.29) is 11.2 Å². The van der Waals surface area contributed by atoms with E-state index in [4.69, 9.17) is 11.6 Å². The summed E-state index contributed by atoms with van der Waals surface area (Å²) >= 11 is 6.18. The second-order valence-corrected chi connectivity index (χ2v) is 5.44. The number of hydrogen-bond acceptors (Lipinski definition) is 2. The number of pyridine rings is 1. The fourth-order valence-corrected chi connectivity index (χ4v) is 2.76. The second kappa shape index (κ2) is 4.91. The molecule has 0 spiro atoms. The molecule has 0 amide bonds. The average Bonchev–Trinajstić information content (AvgIpc) is 2.37. The molecular weight excluding hydrogens is 263 g/mol. The summed E-state index contributed by atoms with van der Waals surface area (Å²) in [5.74, 6) is -0.201. The average molecular weight is 277 g/mol. The molecule has 1 fully saturated rings. The van der Waals surface area contributed by atoms with E-state index in [1.54, 1.807) is 12.4 Å². The Balaban J connectivity index is 1.92. The zero-order chi connectivity index (χ0) is 13.3. The molecule has 1 aliphatic heterocycles. The van der Waals surface area contributed by atoms with Crippen LogP contribution >= 0.6 is 11.6 Å². The van der Waals surface area contributed by atoms with Crippen molar-refractivity contribution in [2.24, 2.45) is 0 Å². The molecule has 0 aliphatic carbocycles. The van der Waals surface area contributed by atoms with Gasteiger partial charge in [-0.15, -0.1) is 0 Å². The third kappa shape index (κ3) is 2.36. The van der Waals surface area contributed by atoms with E-state index in [0.717, 1.165) is 30.6 Å². The molecule has 0 bridgehead atoms. The molecule has 98 valence electrons. The molecule has 3 rings (SSSR count). The standard InChI is InChI=1S/C15H14ClFN2/c16-14-8-18-6-5-11(14)7-15(9-19-10-15)12-1-3-13(17)4-2-12/h1-6,8,19H,7,9-10H2. The predicted molar refractivity (Wildman–Crippen MR) is 73.9 cm³/mol. The Bertz CT molecular complexity index is 579. The molecule has 2 heterocycles. The van der Waals surface area contributed by atoms with E-state index >= 15 is 0 Å². The van der Waals surface area contributed by atoms with Gasteiger partial charge in [-0.25, -0.2) is 4.39 Å². The Kier molecular flexibility index (Phi) is 3.25. The first-order valence-electron chi connectivity index (χ1n) is 6.25. The normalized spacial score (nSPS) is 16.9. The van der Waals surface area contributed by atoms with Crippen LogP contribution in [0.3, 0.4) is 0 Å². The van der Waals surface area contributed by atoms with Crippen molar-refractivity contribution in [3.63, 3.8) is 0 Å². The smallest absolute Gasteiger partial charge is 0.123 e. The quantitative estimate of drug-likeness (QED) is 0.932. The van der Waals surface area contributed by atoms with Gasteiger partial charge in [-0.05, 0) is 35.7 Å². The number of hydrogen-bond donors (Lipinski definition) is 1. The van der Waals surface area contributed by atoms with E-state index in [1.165, 1.54) is 12.1 Å². The van der Waals surface area contributed by atoms with Crippen LogP contribution in [0.4, 0.5) is 4.39 Å². The summed E-state index contributed by atoms with van der Waals surface area (Å²) in [6.45, 7) is 1.77. The lowest BCUT2D eigenvalue weighted by Gasteiger charge is -2.43. The minimum Gasteiger partial charge on any atom is -0.315 e. The molecule has 0 unspecified atom stereocenters. The van der Waals surface area contributed by atoms with Crippen LogP contribution in [0, 0.1) is 5.82 Å². The number of rotatable bonds is 3. The minimum atomic E-state index is -0.201. The maximum atomic E-state index is 13.0. The highest BCUT2D eigenvalue weighted by atomic mass is 35.5. The van der Waals surface area contributed by atoms with E-state index < -0.39 is 0 Å². The molecule has 0 radical (unpaired) electrons. The molecule has 0 atom stereocenters. The number of halogens is 2. The Hall–Kier alpha value is -1.45. The van der Waals surface area contributed by atoms with Crippen molar-refractivity contribution in [1.29, 1.82) is 0 Å². The molecule has 1 aliphatic rings. The third-order valence-corrected chi connectivity index (χ3v) is 4.11. The zero-order valence-corrected chi connectivity index (χ0v) is 11.1. The van der Waals surface area contributed by atoms with Crippen molar-refractivity contribution in [2.75, 3.05) is 13.1 Å². The maximum absolute atomic E-state index is 13.0. The first-order valence-corrected chi connectivity index (χ1v) is 6.63. The molecule has 4 heteroatoms. The highest BCUT2D eigenvalue weighted by Crippen LogP contribution is 2.34. The highest BCUT2D eigenvalue weighted by Gasteiger charge is 2.39. The van der Waals surface area contributed by atoms with Crippen LogP contribution in [0.1, 0.15) is 11.1 Å². The lowest BCUT2D eigenvalue weighted by molar-refractivity contribution is 0.274. The highest BCUT2D eigenvalue weighted by molar-refractivity contribution is 6.31. The summed E-state index contributed by atoms with van der Waals surface area (Å²) in [6.07, 6.45) is 4.26. The van der Waals surface area contributed by atoms with Crippen LogP contribution in [0.25, 0.3) is 0 Å². The van der Waals surface area contributed by atoms with Gasteiger partial charge in [0.25, 0.3) is 0 Å². The molecular formula is C15H14ClFN2. The molecule has 1 aromatic heterocycles. The van der Waals surface area contributed by atoms with Crippen molar-refractivity contribution < 1.29 is 4.39 Å². The van der Waals surface area contributed by atoms with Crippen LogP contribution in [0.2, 0.25) is 5.02 Å². The molecule has 1 saturated heterocycles. The minimum absolute atomic E-state index is 0.0126. The van der Waals surface area contributed by atoms with Crippen LogP contribution in [-0.2, 0) is 11.8 Å². The van der Waals surface area contributed by atoms with Crippen molar-refractivity contribution in [2.45, 2.75) is 11.8 Å². The maximum Gasteiger partial charge on any atom is 0.123 e. The summed E-state index contributed by atoms with van der Waals surface area (Å²) in [6, 6.07) is 8.72. The number of nitrogens with one attached hydrogen (secondary N) is 1. The van der Waals surface area contributed by atoms with Crippen molar-refractivity contribution >= 4 is 11.6 Å². The molecule has 2 aromatic rings. The first-order chi connectivity index (χ1) is 9.20. The van der Waals surface area contributed by atoms with Gasteiger partial charge < -0.3 is 5.32 Å². The van der Waals surface area contributed by atoms with E-state index in [2.05, 4.69) is 10.3 Å². The fraction of sp³-hybridized carbons (Fsp3) is 0.267.